The Bertz CT molecular complexity index is 539. The molecule has 0 unspecified atom stereocenters. The highest BCUT2D eigenvalue weighted by Gasteiger charge is 2.10. The predicted molar refractivity (Wildman–Crippen MR) is 58.4 cm³/mol. The molecule has 0 saturated heterocycles. The Morgan fingerprint density at radius 3 is 2.79 bits per heavy atom. The maximum atomic E-state index is 11.5. The van der Waals surface area contributed by atoms with Crippen molar-refractivity contribution in [3.63, 3.8) is 0 Å². The Hall–Kier alpha value is -1.29. The normalized spacial score (nSPS) is 10.8. The van der Waals surface area contributed by atoms with Crippen LogP contribution in [0.4, 0.5) is 0 Å². The summed E-state index contributed by atoms with van der Waals surface area (Å²) in [6, 6.07) is 3.86. The van der Waals surface area contributed by atoms with Crippen molar-refractivity contribution < 1.29 is 4.74 Å². The molecule has 1 aromatic carbocycles. The van der Waals surface area contributed by atoms with Crippen LogP contribution in [0.5, 0.6) is 5.75 Å². The molecule has 0 atom stereocenters. The number of aromatic nitrogens is 1. The summed E-state index contributed by atoms with van der Waals surface area (Å²) in [5, 5.41) is 0. The molecule has 0 bridgehead atoms. The number of ether oxygens (including phenoxy) is 1. The van der Waals surface area contributed by atoms with E-state index in [0.717, 1.165) is 21.5 Å². The van der Waals surface area contributed by atoms with Gasteiger partial charge in [0.15, 0.2) is 0 Å². The van der Waals surface area contributed by atoms with Gasteiger partial charge >= 0.3 is 4.87 Å². The lowest BCUT2D eigenvalue weighted by atomic mass is 10.2. The van der Waals surface area contributed by atoms with Gasteiger partial charge in [-0.25, -0.2) is 0 Å². The summed E-state index contributed by atoms with van der Waals surface area (Å²) in [6.07, 6.45) is 0. The molecule has 0 aliphatic carbocycles. The Balaban J connectivity index is 2.99. The molecule has 0 radical (unpaired) electrons. The summed E-state index contributed by atoms with van der Waals surface area (Å²) in [7, 11) is 3.40. The van der Waals surface area contributed by atoms with Gasteiger partial charge < -0.3 is 9.30 Å². The average molecular weight is 209 g/mol. The van der Waals surface area contributed by atoms with Crippen LogP contribution in [-0.2, 0) is 7.05 Å². The predicted octanol–water partition coefficient (Wildman–Crippen LogP) is 1.92. The quantitative estimate of drug-likeness (QED) is 0.718. The zero-order chi connectivity index (χ0) is 10.3. The van der Waals surface area contributed by atoms with Gasteiger partial charge in [-0.2, -0.15) is 0 Å². The molecule has 3 nitrogen and oxygen atoms in total. The van der Waals surface area contributed by atoms with Gasteiger partial charge in [-0.3, -0.25) is 4.79 Å². The lowest BCUT2D eigenvalue weighted by Gasteiger charge is -2.03. The minimum absolute atomic E-state index is 0.0487. The van der Waals surface area contributed by atoms with Crippen molar-refractivity contribution in [1.82, 2.24) is 4.57 Å². The summed E-state index contributed by atoms with van der Waals surface area (Å²) in [5.74, 6) is 0.772. The highest BCUT2D eigenvalue weighted by Crippen LogP contribution is 2.29. The number of benzene rings is 1. The Kier molecular flexibility index (Phi) is 2.07. The van der Waals surface area contributed by atoms with E-state index >= 15 is 0 Å². The number of hydrogen-bond acceptors (Lipinski definition) is 3. The van der Waals surface area contributed by atoms with Gasteiger partial charge in [-0.1, -0.05) is 17.4 Å². The van der Waals surface area contributed by atoms with Crippen LogP contribution >= 0.6 is 11.3 Å². The van der Waals surface area contributed by atoms with E-state index in [-0.39, 0.29) is 4.87 Å². The number of hydrogen-bond donors (Lipinski definition) is 0. The van der Waals surface area contributed by atoms with E-state index < -0.39 is 0 Å². The summed E-state index contributed by atoms with van der Waals surface area (Å²) in [5.41, 5.74) is 2.07. The largest absolute Gasteiger partial charge is 0.495 e. The topological polar surface area (TPSA) is 31.2 Å². The third kappa shape index (κ3) is 1.14. The third-order valence-electron chi connectivity index (χ3n) is 2.32. The van der Waals surface area contributed by atoms with Gasteiger partial charge in [-0.15, -0.1) is 0 Å². The fourth-order valence-electron chi connectivity index (χ4n) is 1.57. The average Bonchev–Trinajstić information content (AvgIpc) is 2.45. The number of methoxy groups -OCH3 is 1. The van der Waals surface area contributed by atoms with Crippen molar-refractivity contribution in [3.05, 3.63) is 27.4 Å². The third-order valence-corrected chi connectivity index (χ3v) is 3.36. The van der Waals surface area contributed by atoms with Crippen LogP contribution in [0.15, 0.2) is 16.9 Å². The smallest absolute Gasteiger partial charge is 0.308 e. The molecule has 4 heteroatoms. The van der Waals surface area contributed by atoms with Crippen molar-refractivity contribution in [2.45, 2.75) is 6.92 Å². The number of nitrogens with zero attached hydrogens (tertiary/aromatic N) is 1. The van der Waals surface area contributed by atoms with Crippen molar-refractivity contribution in [2.24, 2.45) is 7.05 Å². The molecule has 0 aliphatic rings. The Morgan fingerprint density at radius 2 is 2.14 bits per heavy atom. The van der Waals surface area contributed by atoms with Gasteiger partial charge in [0.05, 0.1) is 17.3 Å². The molecule has 1 aromatic heterocycles. The van der Waals surface area contributed by atoms with Crippen LogP contribution in [0.25, 0.3) is 10.2 Å². The van der Waals surface area contributed by atoms with E-state index in [1.165, 1.54) is 11.3 Å². The second-order valence-electron chi connectivity index (χ2n) is 3.19. The summed E-state index contributed by atoms with van der Waals surface area (Å²) in [6.45, 7) is 1.99. The fourth-order valence-corrected chi connectivity index (χ4v) is 2.62. The Labute approximate surface area is 85.6 Å². The lowest BCUT2D eigenvalue weighted by molar-refractivity contribution is 0.420. The highest BCUT2D eigenvalue weighted by atomic mass is 32.1. The molecule has 14 heavy (non-hydrogen) atoms. The van der Waals surface area contributed by atoms with Crippen LogP contribution in [0.1, 0.15) is 5.56 Å². The van der Waals surface area contributed by atoms with Gasteiger partial charge in [0.2, 0.25) is 0 Å². The molecule has 1 heterocycles. The first-order valence-electron chi connectivity index (χ1n) is 4.28. The SMILES string of the molecule is COc1ccc(C)c2c1sc(=O)n2C. The number of fused-ring (bicyclic) bond motifs is 1. The number of rotatable bonds is 1. The van der Waals surface area contributed by atoms with E-state index in [4.69, 9.17) is 4.74 Å². The minimum atomic E-state index is 0.0487. The van der Waals surface area contributed by atoms with Crippen LogP contribution < -0.4 is 9.61 Å². The minimum Gasteiger partial charge on any atom is -0.495 e. The van der Waals surface area contributed by atoms with Crippen LogP contribution in [-0.4, -0.2) is 11.7 Å². The van der Waals surface area contributed by atoms with Crippen molar-refractivity contribution in [1.29, 1.82) is 0 Å². The standard InChI is InChI=1S/C10H11NO2S/c1-6-4-5-7(13-3)9-8(6)11(2)10(12)14-9/h4-5H,1-3H3. The molecular formula is C10H11NO2S. The van der Waals surface area contributed by atoms with Crippen LogP contribution in [0.3, 0.4) is 0 Å². The lowest BCUT2D eigenvalue weighted by Crippen LogP contribution is -2.07. The zero-order valence-electron chi connectivity index (χ0n) is 8.33. The maximum Gasteiger partial charge on any atom is 0.308 e. The second-order valence-corrected chi connectivity index (χ2v) is 4.15. The Morgan fingerprint density at radius 1 is 1.43 bits per heavy atom. The van der Waals surface area contributed by atoms with E-state index in [9.17, 15) is 4.79 Å². The zero-order valence-corrected chi connectivity index (χ0v) is 9.14. The molecule has 2 aromatic rings. The van der Waals surface area contributed by atoms with Gasteiger partial charge in [0.1, 0.15) is 5.75 Å². The second kappa shape index (κ2) is 3.13. The molecule has 0 N–H and O–H groups in total. The van der Waals surface area contributed by atoms with Gasteiger partial charge in [-0.05, 0) is 18.6 Å². The van der Waals surface area contributed by atoms with E-state index in [1.54, 1.807) is 18.7 Å². The van der Waals surface area contributed by atoms with Crippen molar-refractivity contribution in [3.8, 4) is 5.75 Å². The molecule has 0 saturated carbocycles. The van der Waals surface area contributed by atoms with E-state index in [2.05, 4.69) is 0 Å². The van der Waals surface area contributed by atoms with Gasteiger partial charge in [0.25, 0.3) is 0 Å². The first-order valence-corrected chi connectivity index (χ1v) is 5.10. The van der Waals surface area contributed by atoms with Crippen molar-refractivity contribution >= 4 is 21.6 Å². The highest BCUT2D eigenvalue weighted by molar-refractivity contribution is 7.16. The maximum absolute atomic E-state index is 11.5. The summed E-state index contributed by atoms with van der Waals surface area (Å²) in [4.78, 5) is 11.5. The first-order chi connectivity index (χ1) is 6.65. The van der Waals surface area contributed by atoms with Crippen molar-refractivity contribution in [2.75, 3.05) is 7.11 Å². The van der Waals surface area contributed by atoms with Crippen LogP contribution in [0.2, 0.25) is 0 Å². The number of thiazole rings is 1. The molecule has 74 valence electrons. The molecule has 0 fully saturated rings. The van der Waals surface area contributed by atoms with E-state index in [0.29, 0.717) is 0 Å². The fraction of sp³-hybridized carbons (Fsp3) is 0.300. The van der Waals surface area contributed by atoms with Gasteiger partial charge in [0, 0.05) is 7.05 Å². The molecule has 2 rings (SSSR count). The molecule has 0 aliphatic heterocycles. The summed E-state index contributed by atoms with van der Waals surface area (Å²) >= 11 is 1.23. The number of aryl methyl sites for hydroxylation is 2. The molecule has 0 spiro atoms. The molecule has 0 amide bonds. The molecular weight excluding hydrogens is 198 g/mol. The van der Waals surface area contributed by atoms with E-state index in [1.807, 2.05) is 19.1 Å². The first kappa shape index (κ1) is 9.27. The monoisotopic (exact) mass is 209 g/mol. The van der Waals surface area contributed by atoms with Crippen LogP contribution in [0, 0.1) is 6.92 Å². The summed E-state index contributed by atoms with van der Waals surface area (Å²) < 4.78 is 7.80.